The number of ether oxygens (including phenoxy) is 2. The molecule has 0 atom stereocenters. The van der Waals surface area contributed by atoms with Crippen molar-refractivity contribution in [2.45, 2.75) is 26.3 Å². The lowest BCUT2D eigenvalue weighted by Crippen LogP contribution is -2.50. The Kier molecular flexibility index (Phi) is 7.54. The van der Waals surface area contributed by atoms with Crippen molar-refractivity contribution in [3.63, 3.8) is 0 Å². The summed E-state index contributed by atoms with van der Waals surface area (Å²) in [5.74, 6) is -1.16. The molecule has 0 aromatic carbocycles. The second-order valence-corrected chi connectivity index (χ2v) is 4.98. The molecule has 0 aliphatic rings. The second-order valence-electron chi connectivity index (χ2n) is 4.98. The van der Waals surface area contributed by atoms with Gasteiger partial charge < -0.3 is 19.7 Å². The van der Waals surface area contributed by atoms with Crippen molar-refractivity contribution in [2.75, 3.05) is 40.5 Å². The number of nitrogens with zero attached hydrogens (tertiary/aromatic N) is 1. The van der Waals surface area contributed by atoms with Gasteiger partial charge in [0.1, 0.15) is 0 Å². The highest BCUT2D eigenvalue weighted by Crippen LogP contribution is 2.00. The van der Waals surface area contributed by atoms with E-state index in [1.165, 1.54) is 4.90 Å². The Morgan fingerprint density at radius 1 is 1.06 bits per heavy atom. The van der Waals surface area contributed by atoms with Gasteiger partial charge in [-0.25, -0.2) is 0 Å². The Bertz CT molecular complexity index is 266. The number of carbonyl (C=O) groups excluding carboxylic acids is 2. The number of carbonyl (C=O) groups is 2. The van der Waals surface area contributed by atoms with Gasteiger partial charge >= 0.3 is 11.8 Å². The first-order chi connectivity index (χ1) is 8.31. The number of methoxy groups -OCH3 is 2. The van der Waals surface area contributed by atoms with Gasteiger partial charge in [-0.2, -0.15) is 0 Å². The molecule has 0 aliphatic carbocycles. The fraction of sp³-hybridized carbons (Fsp3) is 0.833. The topological polar surface area (TPSA) is 67.9 Å². The van der Waals surface area contributed by atoms with Crippen LogP contribution in [0.15, 0.2) is 0 Å². The van der Waals surface area contributed by atoms with E-state index in [1.54, 1.807) is 14.2 Å². The highest BCUT2D eigenvalue weighted by molar-refractivity contribution is 6.35. The number of nitrogens with one attached hydrogen (secondary N) is 1. The van der Waals surface area contributed by atoms with Crippen LogP contribution in [0.3, 0.4) is 0 Å². The van der Waals surface area contributed by atoms with Gasteiger partial charge in [0.2, 0.25) is 0 Å². The molecule has 6 heteroatoms. The number of hydrogen-bond acceptors (Lipinski definition) is 4. The first-order valence-electron chi connectivity index (χ1n) is 5.91. The molecule has 0 aromatic heterocycles. The van der Waals surface area contributed by atoms with E-state index in [0.717, 1.165) is 0 Å². The molecule has 0 heterocycles. The molecule has 0 radical (unpaired) electrons. The summed E-state index contributed by atoms with van der Waals surface area (Å²) in [4.78, 5) is 25.1. The van der Waals surface area contributed by atoms with Crippen LogP contribution in [0.2, 0.25) is 0 Å². The molecule has 2 amide bonds. The van der Waals surface area contributed by atoms with Crippen molar-refractivity contribution >= 4 is 11.8 Å². The summed E-state index contributed by atoms with van der Waals surface area (Å²) in [5.41, 5.74) is -0.430. The van der Waals surface area contributed by atoms with Gasteiger partial charge in [-0.15, -0.1) is 0 Å². The van der Waals surface area contributed by atoms with E-state index in [2.05, 4.69) is 5.32 Å². The fourth-order valence-corrected chi connectivity index (χ4v) is 1.26. The van der Waals surface area contributed by atoms with Crippen molar-refractivity contribution in [3.05, 3.63) is 0 Å². The Morgan fingerprint density at radius 2 is 1.50 bits per heavy atom. The molecule has 0 fully saturated rings. The van der Waals surface area contributed by atoms with Crippen LogP contribution in [0.4, 0.5) is 0 Å². The highest BCUT2D eigenvalue weighted by Gasteiger charge is 2.24. The van der Waals surface area contributed by atoms with Crippen LogP contribution in [0.25, 0.3) is 0 Å². The van der Waals surface area contributed by atoms with Crippen LogP contribution < -0.4 is 5.32 Å². The van der Waals surface area contributed by atoms with Crippen LogP contribution in [0, 0.1) is 0 Å². The molecule has 0 bridgehead atoms. The third-order valence-electron chi connectivity index (χ3n) is 2.10. The quantitative estimate of drug-likeness (QED) is 0.684. The Hall–Kier alpha value is -1.14. The van der Waals surface area contributed by atoms with E-state index in [9.17, 15) is 9.59 Å². The van der Waals surface area contributed by atoms with Crippen LogP contribution in [0.5, 0.6) is 0 Å². The Balaban J connectivity index is 4.47. The van der Waals surface area contributed by atoms with Crippen LogP contribution in [-0.4, -0.2) is 62.8 Å². The molecule has 0 rings (SSSR count). The summed E-state index contributed by atoms with van der Waals surface area (Å²) < 4.78 is 9.83. The molecular weight excluding hydrogens is 236 g/mol. The molecule has 106 valence electrons. The summed E-state index contributed by atoms with van der Waals surface area (Å²) >= 11 is 0. The Labute approximate surface area is 109 Å². The molecule has 18 heavy (non-hydrogen) atoms. The molecule has 1 N–H and O–H groups in total. The van der Waals surface area contributed by atoms with Crippen LogP contribution in [-0.2, 0) is 19.1 Å². The van der Waals surface area contributed by atoms with E-state index in [1.807, 2.05) is 20.8 Å². The van der Waals surface area contributed by atoms with Crippen molar-refractivity contribution in [1.29, 1.82) is 0 Å². The first kappa shape index (κ1) is 16.9. The average Bonchev–Trinajstić information content (AvgIpc) is 2.26. The van der Waals surface area contributed by atoms with Gasteiger partial charge in [0, 0.05) is 32.8 Å². The van der Waals surface area contributed by atoms with Gasteiger partial charge in [0.15, 0.2) is 0 Å². The second kappa shape index (κ2) is 8.05. The maximum absolute atomic E-state index is 11.9. The molecule has 0 saturated heterocycles. The zero-order valence-corrected chi connectivity index (χ0v) is 11.9. The monoisotopic (exact) mass is 260 g/mol. The summed E-state index contributed by atoms with van der Waals surface area (Å²) in [5, 5.41) is 2.64. The van der Waals surface area contributed by atoms with Crippen molar-refractivity contribution in [1.82, 2.24) is 10.2 Å². The lowest BCUT2D eigenvalue weighted by Gasteiger charge is -2.25. The molecule has 0 aliphatic heterocycles. The van der Waals surface area contributed by atoms with Crippen LogP contribution >= 0.6 is 0 Å². The molecule has 0 aromatic rings. The molecule has 0 spiro atoms. The van der Waals surface area contributed by atoms with Crippen LogP contribution in [0.1, 0.15) is 20.8 Å². The summed E-state index contributed by atoms with van der Waals surface area (Å²) in [6.45, 7) is 7.00. The SMILES string of the molecule is COCCN(CCOC)C(=O)C(=O)NC(C)(C)C. The summed E-state index contributed by atoms with van der Waals surface area (Å²) in [6.07, 6.45) is 0. The van der Waals surface area contributed by atoms with Crippen molar-refractivity contribution < 1.29 is 19.1 Å². The highest BCUT2D eigenvalue weighted by atomic mass is 16.5. The normalized spacial score (nSPS) is 11.2. The fourth-order valence-electron chi connectivity index (χ4n) is 1.26. The molecule has 6 nitrogen and oxygen atoms in total. The van der Waals surface area contributed by atoms with E-state index in [0.29, 0.717) is 26.3 Å². The first-order valence-corrected chi connectivity index (χ1v) is 5.91. The Morgan fingerprint density at radius 3 is 1.83 bits per heavy atom. The van der Waals surface area contributed by atoms with Gasteiger partial charge in [-0.1, -0.05) is 0 Å². The third-order valence-corrected chi connectivity index (χ3v) is 2.10. The standard InChI is InChI=1S/C12H24N2O4/c1-12(2,3)13-10(15)11(16)14(6-8-17-4)7-9-18-5/h6-9H2,1-5H3,(H,13,15). The molecular formula is C12H24N2O4. The van der Waals surface area contributed by atoms with E-state index in [-0.39, 0.29) is 0 Å². The minimum atomic E-state index is -0.602. The predicted octanol–water partition coefficient (Wildman–Crippen LogP) is 0.0225. The smallest absolute Gasteiger partial charge is 0.312 e. The predicted molar refractivity (Wildman–Crippen MR) is 68.2 cm³/mol. The van der Waals surface area contributed by atoms with E-state index < -0.39 is 17.4 Å². The maximum atomic E-state index is 11.9. The summed E-state index contributed by atoms with van der Waals surface area (Å²) in [6, 6.07) is 0. The minimum Gasteiger partial charge on any atom is -0.383 e. The van der Waals surface area contributed by atoms with Crippen molar-refractivity contribution in [3.8, 4) is 0 Å². The van der Waals surface area contributed by atoms with E-state index in [4.69, 9.17) is 9.47 Å². The van der Waals surface area contributed by atoms with Gasteiger partial charge in [-0.05, 0) is 20.8 Å². The lowest BCUT2D eigenvalue weighted by molar-refractivity contribution is -0.147. The largest absolute Gasteiger partial charge is 0.383 e. The number of rotatable bonds is 6. The van der Waals surface area contributed by atoms with Gasteiger partial charge in [-0.3, -0.25) is 9.59 Å². The lowest BCUT2D eigenvalue weighted by atomic mass is 10.1. The molecule has 0 saturated carbocycles. The van der Waals surface area contributed by atoms with Gasteiger partial charge in [0.05, 0.1) is 13.2 Å². The van der Waals surface area contributed by atoms with Crippen molar-refractivity contribution in [2.24, 2.45) is 0 Å². The molecule has 0 unspecified atom stereocenters. The average molecular weight is 260 g/mol. The number of amides is 2. The third kappa shape index (κ3) is 7.24. The minimum absolute atomic E-state index is 0.371. The van der Waals surface area contributed by atoms with E-state index >= 15 is 0 Å². The summed E-state index contributed by atoms with van der Waals surface area (Å²) in [7, 11) is 3.10. The maximum Gasteiger partial charge on any atom is 0.312 e. The number of hydrogen-bond donors (Lipinski definition) is 1. The zero-order chi connectivity index (χ0) is 14.2. The van der Waals surface area contributed by atoms with Gasteiger partial charge in [0.25, 0.3) is 0 Å². The zero-order valence-electron chi connectivity index (χ0n) is 11.9.